The van der Waals surface area contributed by atoms with Crippen LogP contribution in [0, 0.1) is 5.92 Å². The molecular formula is C19H21NO8PS+. The summed E-state index contributed by atoms with van der Waals surface area (Å²) in [5.74, 6) is -3.82. The van der Waals surface area contributed by atoms with Crippen molar-refractivity contribution >= 4 is 41.9 Å². The van der Waals surface area contributed by atoms with Crippen molar-refractivity contribution in [3.63, 3.8) is 0 Å². The summed E-state index contributed by atoms with van der Waals surface area (Å²) in [6, 6.07) is 13.8. The highest BCUT2D eigenvalue weighted by atomic mass is 32.2. The molecule has 5 N–H and O–H groups in total. The Morgan fingerprint density at radius 2 is 1.70 bits per heavy atom. The predicted octanol–water partition coefficient (Wildman–Crippen LogP) is 2.74. The first-order valence-electron chi connectivity index (χ1n) is 8.74. The molecule has 0 saturated heterocycles. The second-order valence-electron chi connectivity index (χ2n) is 6.43. The van der Waals surface area contributed by atoms with Gasteiger partial charge in [-0.05, 0) is 36.8 Å². The van der Waals surface area contributed by atoms with Crippen molar-refractivity contribution < 1.29 is 38.4 Å². The predicted molar refractivity (Wildman–Crippen MR) is 112 cm³/mol. The quantitative estimate of drug-likeness (QED) is 0.208. The number of aliphatic imine (C=N–C) groups is 1. The van der Waals surface area contributed by atoms with Gasteiger partial charge >= 0.3 is 19.7 Å². The fourth-order valence-corrected chi connectivity index (χ4v) is 5.09. The molecule has 0 aliphatic carbocycles. The minimum atomic E-state index is -4.11. The Hall–Kier alpha value is -2.49. The highest BCUT2D eigenvalue weighted by molar-refractivity contribution is 7.82. The average Bonchev–Trinajstić information content (AvgIpc) is 2.69. The molecule has 2 aromatic carbocycles. The van der Waals surface area contributed by atoms with Gasteiger partial charge < -0.3 is 14.8 Å². The van der Waals surface area contributed by atoms with Crippen LogP contribution in [0.3, 0.4) is 0 Å². The summed E-state index contributed by atoms with van der Waals surface area (Å²) in [4.78, 5) is 48.4. The Bertz CT molecular complexity index is 964. The standard InChI is InChI=1S/C19H20NO8PS/c21-17(22)10-9-14(19(23)24)12-29(25,26)18(13-5-2-1-3-6-13)20-15-7-4-8-16(11-15)30(27)28/h1-8,11,14,25-26H,9-10,12H2,(H2-,21,22,23,24,27,28)/p+1. The molecule has 2 unspecified atom stereocenters. The summed E-state index contributed by atoms with van der Waals surface area (Å²) in [6.07, 6.45) is -1.29. The molecule has 0 bridgehead atoms. The van der Waals surface area contributed by atoms with Gasteiger partial charge in [-0.3, -0.25) is 9.59 Å². The molecule has 0 aliphatic rings. The van der Waals surface area contributed by atoms with Gasteiger partial charge in [0.15, 0.2) is 11.1 Å². The maximum Gasteiger partial charge on any atom is 0.320 e. The normalized spacial score (nSPS) is 14.2. The molecule has 0 heterocycles. The maximum absolute atomic E-state index is 11.5. The lowest BCUT2D eigenvalue weighted by molar-refractivity contribution is -0.142. The second kappa shape index (κ2) is 10.5. The van der Waals surface area contributed by atoms with Gasteiger partial charge in [0, 0.05) is 12.0 Å². The number of benzene rings is 2. The van der Waals surface area contributed by atoms with E-state index in [1.165, 1.54) is 24.3 Å². The Morgan fingerprint density at radius 3 is 2.27 bits per heavy atom. The van der Waals surface area contributed by atoms with E-state index in [1.807, 2.05) is 0 Å². The van der Waals surface area contributed by atoms with E-state index in [4.69, 9.17) is 5.11 Å². The molecule has 160 valence electrons. The average molecular weight is 454 g/mol. The molecule has 0 aromatic heterocycles. The molecule has 0 spiro atoms. The zero-order valence-corrected chi connectivity index (χ0v) is 17.4. The number of carbonyl (C=O) groups is 2. The highest BCUT2D eigenvalue weighted by Crippen LogP contribution is 2.56. The van der Waals surface area contributed by atoms with E-state index in [-0.39, 0.29) is 22.5 Å². The molecular weight excluding hydrogens is 433 g/mol. The Morgan fingerprint density at radius 1 is 1.03 bits per heavy atom. The third kappa shape index (κ3) is 6.79. The molecule has 2 aromatic rings. The van der Waals surface area contributed by atoms with E-state index in [1.54, 1.807) is 30.3 Å². The van der Waals surface area contributed by atoms with Crippen LogP contribution < -0.4 is 0 Å². The van der Waals surface area contributed by atoms with Crippen LogP contribution in [0.2, 0.25) is 0 Å². The number of rotatable bonds is 10. The van der Waals surface area contributed by atoms with Crippen LogP contribution in [-0.2, 0) is 20.7 Å². The molecule has 30 heavy (non-hydrogen) atoms. The zero-order valence-electron chi connectivity index (χ0n) is 15.7. The topological polar surface area (TPSA) is 165 Å². The minimum Gasteiger partial charge on any atom is -0.481 e. The largest absolute Gasteiger partial charge is 0.481 e. The molecule has 0 saturated carbocycles. The first-order valence-corrected chi connectivity index (χ1v) is 11.7. The molecule has 9 nitrogen and oxygen atoms in total. The maximum atomic E-state index is 11.5. The highest BCUT2D eigenvalue weighted by Gasteiger charge is 2.46. The van der Waals surface area contributed by atoms with Gasteiger partial charge in [-0.15, -0.1) is 0 Å². The molecule has 0 fully saturated rings. The van der Waals surface area contributed by atoms with Crippen molar-refractivity contribution in [2.75, 3.05) is 6.16 Å². The summed E-state index contributed by atoms with van der Waals surface area (Å²) in [5.41, 5.74) is 0.359. The first kappa shape index (κ1) is 23.8. The lowest BCUT2D eigenvalue weighted by Gasteiger charge is -2.18. The van der Waals surface area contributed by atoms with Crippen molar-refractivity contribution in [3.05, 3.63) is 60.2 Å². The molecule has 2 rings (SSSR count). The number of nitrogens with zero attached hydrogens (tertiary/aromatic N) is 1. The summed E-state index contributed by atoms with van der Waals surface area (Å²) >= 11 is -2.26. The molecule has 11 heteroatoms. The van der Waals surface area contributed by atoms with Crippen LogP contribution in [-0.4, -0.2) is 52.3 Å². The molecule has 0 amide bonds. The first-order chi connectivity index (χ1) is 14.1. The minimum absolute atomic E-state index is 0.0633. The molecule has 2 atom stereocenters. The van der Waals surface area contributed by atoms with Gasteiger partial charge in [0.1, 0.15) is 6.16 Å². The van der Waals surface area contributed by atoms with E-state index < -0.39 is 49.2 Å². The van der Waals surface area contributed by atoms with Gasteiger partial charge in [0.05, 0.1) is 16.5 Å². The number of carboxylic acid groups (broad SMARTS) is 2. The van der Waals surface area contributed by atoms with Gasteiger partial charge in [-0.1, -0.05) is 24.3 Å². The summed E-state index contributed by atoms with van der Waals surface area (Å²) < 4.78 is 20.6. The summed E-state index contributed by atoms with van der Waals surface area (Å²) in [6.45, 7) is 0. The van der Waals surface area contributed by atoms with Crippen LogP contribution in [0.5, 0.6) is 0 Å². The van der Waals surface area contributed by atoms with Crippen molar-refractivity contribution in [3.8, 4) is 0 Å². The Kier molecular flexibility index (Phi) is 8.33. The van der Waals surface area contributed by atoms with Gasteiger partial charge in [0.25, 0.3) is 0 Å². The van der Waals surface area contributed by atoms with E-state index >= 15 is 0 Å². The van der Waals surface area contributed by atoms with E-state index in [2.05, 4.69) is 4.99 Å². The van der Waals surface area contributed by atoms with E-state index in [0.717, 1.165) is 0 Å². The zero-order chi connectivity index (χ0) is 22.3. The number of hydrogen-bond donors (Lipinski definition) is 5. The van der Waals surface area contributed by atoms with Gasteiger partial charge in [-0.2, -0.15) is 0 Å². The van der Waals surface area contributed by atoms with Crippen molar-refractivity contribution in [2.24, 2.45) is 10.9 Å². The van der Waals surface area contributed by atoms with Crippen LogP contribution in [0.15, 0.2) is 64.5 Å². The van der Waals surface area contributed by atoms with Gasteiger partial charge in [-0.25, -0.2) is 19.0 Å². The summed E-state index contributed by atoms with van der Waals surface area (Å²) in [7, 11) is -4.11. The van der Waals surface area contributed by atoms with Gasteiger partial charge in [0.2, 0.25) is 5.45 Å². The third-order valence-corrected chi connectivity index (χ3v) is 6.80. The Balaban J connectivity index is 2.48. The van der Waals surface area contributed by atoms with E-state index in [9.17, 15) is 33.2 Å². The fraction of sp³-hybridized carbons (Fsp3) is 0.211. The Labute approximate surface area is 175 Å². The lowest BCUT2D eigenvalue weighted by atomic mass is 10.1. The SMILES string of the molecule is O=C(O)CCC(C[P+](O)(O)C(=Nc1cccc(S(=O)O)c1)c1ccccc1)C(=O)O. The van der Waals surface area contributed by atoms with Crippen molar-refractivity contribution in [1.29, 1.82) is 0 Å². The van der Waals surface area contributed by atoms with Crippen molar-refractivity contribution in [2.45, 2.75) is 17.7 Å². The van der Waals surface area contributed by atoms with Crippen LogP contribution in [0.25, 0.3) is 0 Å². The number of hydrogen-bond acceptors (Lipinski definition) is 6. The van der Waals surface area contributed by atoms with E-state index in [0.29, 0.717) is 5.56 Å². The summed E-state index contributed by atoms with van der Waals surface area (Å²) in [5, 5.41) is 18.2. The second-order valence-corrected chi connectivity index (χ2v) is 9.65. The third-order valence-electron chi connectivity index (χ3n) is 4.16. The van der Waals surface area contributed by atoms with Crippen LogP contribution >= 0.6 is 7.72 Å². The smallest absolute Gasteiger partial charge is 0.320 e. The molecule has 0 aliphatic heterocycles. The fourth-order valence-electron chi connectivity index (χ4n) is 2.71. The van der Waals surface area contributed by atoms with Crippen molar-refractivity contribution in [1.82, 2.24) is 0 Å². The monoisotopic (exact) mass is 454 g/mol. The number of carboxylic acids is 2. The van der Waals surface area contributed by atoms with Crippen LogP contribution in [0.4, 0.5) is 5.69 Å². The lowest BCUT2D eigenvalue weighted by Crippen LogP contribution is -2.24. The molecule has 0 radical (unpaired) electrons. The number of aliphatic carboxylic acids is 2. The van der Waals surface area contributed by atoms with Crippen LogP contribution in [0.1, 0.15) is 18.4 Å².